The van der Waals surface area contributed by atoms with E-state index in [2.05, 4.69) is 4.72 Å². The third-order valence-corrected chi connectivity index (χ3v) is 4.27. The number of hydrogen-bond acceptors (Lipinski definition) is 4. The maximum atomic E-state index is 11.9. The van der Waals surface area contributed by atoms with Crippen LogP contribution >= 0.6 is 11.6 Å². The van der Waals surface area contributed by atoms with Gasteiger partial charge in [-0.25, -0.2) is 17.9 Å². The lowest BCUT2D eigenvalue weighted by atomic mass is 10.2. The Bertz CT molecular complexity index is 628. The van der Waals surface area contributed by atoms with Gasteiger partial charge in [0.2, 0.25) is 10.0 Å². The Hall–Kier alpha value is -1.64. The van der Waals surface area contributed by atoms with E-state index in [0.29, 0.717) is 0 Å². The molecule has 0 atom stereocenters. The Morgan fingerprint density at radius 3 is 2.45 bits per heavy atom. The second kappa shape index (κ2) is 6.69. The zero-order valence-electron chi connectivity index (χ0n) is 10.2. The van der Waals surface area contributed by atoms with Gasteiger partial charge in [-0.1, -0.05) is 11.6 Å². The van der Waals surface area contributed by atoms with Crippen LogP contribution in [0, 0.1) is 0 Å². The van der Waals surface area contributed by atoms with Gasteiger partial charge >= 0.3 is 11.9 Å². The van der Waals surface area contributed by atoms with E-state index in [0.717, 1.165) is 6.07 Å². The van der Waals surface area contributed by atoms with Crippen LogP contribution in [0.5, 0.6) is 0 Å². The molecule has 0 heterocycles. The summed E-state index contributed by atoms with van der Waals surface area (Å²) in [4.78, 5) is 20.8. The van der Waals surface area contributed by atoms with Crippen LogP contribution in [0.2, 0.25) is 5.02 Å². The first-order valence-electron chi connectivity index (χ1n) is 5.48. The molecule has 0 spiro atoms. The molecule has 0 amide bonds. The highest BCUT2D eigenvalue weighted by Crippen LogP contribution is 2.22. The number of halogens is 1. The first kappa shape index (κ1) is 16.4. The van der Waals surface area contributed by atoms with Gasteiger partial charge in [0.15, 0.2) is 0 Å². The van der Waals surface area contributed by atoms with Crippen LogP contribution in [0.1, 0.15) is 23.2 Å². The summed E-state index contributed by atoms with van der Waals surface area (Å²) in [5.74, 6) is -2.31. The minimum atomic E-state index is -3.98. The molecule has 0 saturated carbocycles. The molecule has 0 aliphatic carbocycles. The van der Waals surface area contributed by atoms with Gasteiger partial charge in [-0.05, 0) is 24.6 Å². The van der Waals surface area contributed by atoms with Crippen molar-refractivity contribution < 1.29 is 28.2 Å². The monoisotopic (exact) mass is 321 g/mol. The number of nitrogens with one attached hydrogen (secondary N) is 1. The summed E-state index contributed by atoms with van der Waals surface area (Å²) in [7, 11) is -3.98. The molecule has 3 N–H and O–H groups in total. The van der Waals surface area contributed by atoms with Crippen molar-refractivity contribution in [3.8, 4) is 0 Å². The summed E-state index contributed by atoms with van der Waals surface area (Å²) in [5, 5.41) is 17.1. The second-order valence-electron chi connectivity index (χ2n) is 3.85. The van der Waals surface area contributed by atoms with E-state index in [1.807, 2.05) is 0 Å². The van der Waals surface area contributed by atoms with Crippen LogP contribution in [0.25, 0.3) is 0 Å². The first-order valence-corrected chi connectivity index (χ1v) is 7.34. The molecule has 7 nitrogen and oxygen atoms in total. The number of carboxylic acids is 2. The molecule has 0 aliphatic heterocycles. The van der Waals surface area contributed by atoms with E-state index in [4.69, 9.17) is 21.8 Å². The average Bonchev–Trinajstić information content (AvgIpc) is 2.34. The van der Waals surface area contributed by atoms with Crippen LogP contribution in [0.3, 0.4) is 0 Å². The normalized spacial score (nSPS) is 11.2. The van der Waals surface area contributed by atoms with Crippen LogP contribution in [-0.2, 0) is 14.8 Å². The Morgan fingerprint density at radius 1 is 1.25 bits per heavy atom. The highest BCUT2D eigenvalue weighted by molar-refractivity contribution is 7.89. The highest BCUT2D eigenvalue weighted by Gasteiger charge is 2.19. The Labute approximate surface area is 120 Å². The van der Waals surface area contributed by atoms with E-state index in [1.165, 1.54) is 12.1 Å². The van der Waals surface area contributed by atoms with Crippen molar-refractivity contribution in [2.75, 3.05) is 6.54 Å². The van der Waals surface area contributed by atoms with Crippen LogP contribution in [0.15, 0.2) is 23.1 Å². The molecule has 0 unspecified atom stereocenters. The van der Waals surface area contributed by atoms with Gasteiger partial charge in [0.25, 0.3) is 0 Å². The van der Waals surface area contributed by atoms with Gasteiger partial charge in [0, 0.05) is 13.0 Å². The standard InChI is InChI=1S/C11H12ClNO6S/c12-8-4-3-7(11(16)17)6-9(8)20(18,19)13-5-1-2-10(14)15/h3-4,6,13H,1-2,5H2,(H,14,15)(H,16,17). The van der Waals surface area contributed by atoms with Gasteiger partial charge in [0.05, 0.1) is 10.6 Å². The zero-order valence-corrected chi connectivity index (χ0v) is 11.7. The van der Waals surface area contributed by atoms with E-state index in [1.54, 1.807) is 0 Å². The fourth-order valence-corrected chi connectivity index (χ4v) is 2.96. The molecule has 0 radical (unpaired) electrons. The predicted molar refractivity (Wildman–Crippen MR) is 70.5 cm³/mol. The first-order chi connectivity index (χ1) is 9.24. The van der Waals surface area contributed by atoms with E-state index >= 15 is 0 Å². The SMILES string of the molecule is O=C(O)CCCNS(=O)(=O)c1cc(C(=O)O)ccc1Cl. The number of benzene rings is 1. The molecule has 0 aromatic heterocycles. The average molecular weight is 322 g/mol. The van der Waals surface area contributed by atoms with Gasteiger partial charge in [-0.2, -0.15) is 0 Å². The van der Waals surface area contributed by atoms with E-state index < -0.39 is 22.0 Å². The number of aromatic carboxylic acids is 1. The molecule has 0 fully saturated rings. The largest absolute Gasteiger partial charge is 0.481 e. The second-order valence-corrected chi connectivity index (χ2v) is 5.99. The summed E-state index contributed by atoms with van der Waals surface area (Å²) < 4.78 is 26.0. The quantitative estimate of drug-likeness (QED) is 0.648. The smallest absolute Gasteiger partial charge is 0.335 e. The molecule has 9 heteroatoms. The third kappa shape index (κ3) is 4.48. The number of sulfonamides is 1. The molecule has 0 aliphatic rings. The molecule has 1 aromatic rings. The van der Waals surface area contributed by atoms with Gasteiger partial charge < -0.3 is 10.2 Å². The van der Waals surface area contributed by atoms with Crippen molar-refractivity contribution in [3.05, 3.63) is 28.8 Å². The lowest BCUT2D eigenvalue weighted by molar-refractivity contribution is -0.137. The Morgan fingerprint density at radius 2 is 1.90 bits per heavy atom. The number of rotatable bonds is 7. The molecular formula is C11H12ClNO6S. The number of aliphatic carboxylic acids is 1. The summed E-state index contributed by atoms with van der Waals surface area (Å²) >= 11 is 5.74. The van der Waals surface area contributed by atoms with Crippen LogP contribution in [0.4, 0.5) is 0 Å². The summed E-state index contributed by atoms with van der Waals surface area (Å²) in [5.41, 5.74) is -0.208. The summed E-state index contributed by atoms with van der Waals surface area (Å²) in [6.07, 6.45) is -0.0593. The van der Waals surface area contributed by atoms with Crippen molar-refractivity contribution in [3.63, 3.8) is 0 Å². The summed E-state index contributed by atoms with van der Waals surface area (Å²) in [6.45, 7) is -0.0811. The minimum Gasteiger partial charge on any atom is -0.481 e. The third-order valence-electron chi connectivity index (χ3n) is 2.33. The van der Waals surface area contributed by atoms with Gasteiger partial charge in [-0.15, -0.1) is 0 Å². The number of carboxylic acid groups (broad SMARTS) is 2. The van der Waals surface area contributed by atoms with Crippen molar-refractivity contribution in [1.29, 1.82) is 0 Å². The molecule has 110 valence electrons. The lowest BCUT2D eigenvalue weighted by Crippen LogP contribution is -2.25. The Balaban J connectivity index is 2.89. The number of carbonyl (C=O) groups is 2. The molecule has 1 aromatic carbocycles. The maximum Gasteiger partial charge on any atom is 0.335 e. The van der Waals surface area contributed by atoms with Gasteiger partial charge in [-0.3, -0.25) is 4.79 Å². The molecule has 0 bridgehead atoms. The van der Waals surface area contributed by atoms with Crippen LogP contribution < -0.4 is 4.72 Å². The minimum absolute atomic E-state index is 0.0811. The zero-order chi connectivity index (χ0) is 15.3. The predicted octanol–water partition coefficient (Wildman–Crippen LogP) is 1.18. The van der Waals surface area contributed by atoms with Gasteiger partial charge in [0.1, 0.15) is 4.90 Å². The van der Waals surface area contributed by atoms with Crippen molar-refractivity contribution in [2.24, 2.45) is 0 Å². The summed E-state index contributed by atoms with van der Waals surface area (Å²) in [6, 6.07) is 3.31. The topological polar surface area (TPSA) is 121 Å². The molecule has 20 heavy (non-hydrogen) atoms. The maximum absolute atomic E-state index is 11.9. The highest BCUT2D eigenvalue weighted by atomic mass is 35.5. The number of hydrogen-bond donors (Lipinski definition) is 3. The molecule has 1 rings (SSSR count). The lowest BCUT2D eigenvalue weighted by Gasteiger charge is -2.08. The van der Waals surface area contributed by atoms with E-state index in [-0.39, 0.29) is 34.9 Å². The van der Waals surface area contributed by atoms with Crippen molar-refractivity contribution in [1.82, 2.24) is 4.72 Å². The fraction of sp³-hybridized carbons (Fsp3) is 0.273. The van der Waals surface area contributed by atoms with Crippen LogP contribution in [-0.4, -0.2) is 37.1 Å². The molecular weight excluding hydrogens is 310 g/mol. The molecule has 0 saturated heterocycles. The van der Waals surface area contributed by atoms with Crippen molar-refractivity contribution in [2.45, 2.75) is 17.7 Å². The Kier molecular flexibility index (Phi) is 5.49. The van der Waals surface area contributed by atoms with Crippen molar-refractivity contribution >= 4 is 33.6 Å². The van der Waals surface area contributed by atoms with E-state index in [9.17, 15) is 18.0 Å². The fourth-order valence-electron chi connectivity index (χ4n) is 1.37.